The van der Waals surface area contributed by atoms with Crippen LogP contribution in [-0.4, -0.2) is 35.6 Å². The van der Waals surface area contributed by atoms with E-state index in [1.807, 2.05) is 0 Å². The van der Waals surface area contributed by atoms with E-state index < -0.39 is 0 Å². The molecular weight excluding hydrogens is 208 g/mol. The second-order valence-electron chi connectivity index (χ2n) is 8.02. The van der Waals surface area contributed by atoms with Crippen molar-refractivity contribution in [1.29, 1.82) is 0 Å². The van der Waals surface area contributed by atoms with Crippen LogP contribution in [0.25, 0.3) is 0 Å². The zero-order valence-corrected chi connectivity index (χ0v) is 12.5. The molecule has 2 saturated heterocycles. The van der Waals surface area contributed by atoms with Gasteiger partial charge in [-0.15, -0.1) is 0 Å². The van der Waals surface area contributed by atoms with Crippen molar-refractivity contribution in [3.05, 3.63) is 0 Å². The maximum absolute atomic E-state index is 3.57. The lowest BCUT2D eigenvalue weighted by Crippen LogP contribution is -2.55. The molecule has 2 fully saturated rings. The van der Waals surface area contributed by atoms with Crippen molar-refractivity contribution in [3.8, 4) is 0 Å². The van der Waals surface area contributed by atoms with Crippen molar-refractivity contribution in [3.63, 3.8) is 0 Å². The molecule has 0 bridgehead atoms. The van der Waals surface area contributed by atoms with Gasteiger partial charge in [0.05, 0.1) is 0 Å². The van der Waals surface area contributed by atoms with Crippen LogP contribution in [0.1, 0.15) is 54.4 Å². The average Bonchev–Trinajstić information content (AvgIpc) is 2.54. The second kappa shape index (κ2) is 4.24. The molecule has 3 unspecified atom stereocenters. The van der Waals surface area contributed by atoms with Gasteiger partial charge in [0.2, 0.25) is 0 Å². The van der Waals surface area contributed by atoms with Gasteiger partial charge in [-0.1, -0.05) is 20.8 Å². The summed E-state index contributed by atoms with van der Waals surface area (Å²) < 4.78 is 0. The van der Waals surface area contributed by atoms with Crippen molar-refractivity contribution in [2.75, 3.05) is 13.1 Å². The predicted molar refractivity (Wildman–Crippen MR) is 74.2 cm³/mol. The average molecular weight is 238 g/mol. The van der Waals surface area contributed by atoms with Gasteiger partial charge in [-0.05, 0) is 58.0 Å². The molecule has 3 atom stereocenters. The number of nitrogens with zero attached hydrogens (tertiary/aromatic N) is 1. The molecule has 0 aliphatic carbocycles. The van der Waals surface area contributed by atoms with Crippen molar-refractivity contribution in [1.82, 2.24) is 10.2 Å². The fourth-order valence-electron chi connectivity index (χ4n) is 3.88. The molecular formula is C15H30N2. The van der Waals surface area contributed by atoms with Gasteiger partial charge in [0.15, 0.2) is 0 Å². The normalized spacial score (nSPS) is 36.0. The van der Waals surface area contributed by atoms with Crippen LogP contribution in [0.15, 0.2) is 0 Å². The summed E-state index contributed by atoms with van der Waals surface area (Å²) in [7, 11) is 0. The Morgan fingerprint density at radius 3 is 2.24 bits per heavy atom. The highest BCUT2D eigenvalue weighted by Gasteiger charge is 2.49. The Balaban J connectivity index is 2.27. The lowest BCUT2D eigenvalue weighted by Gasteiger charge is -2.47. The molecule has 2 nitrogen and oxygen atoms in total. The molecule has 2 heterocycles. The molecule has 17 heavy (non-hydrogen) atoms. The third-order valence-corrected chi connectivity index (χ3v) is 4.56. The fraction of sp³-hybridized carbons (Fsp3) is 1.00. The highest BCUT2D eigenvalue weighted by Crippen LogP contribution is 2.44. The quantitative estimate of drug-likeness (QED) is 0.698. The van der Waals surface area contributed by atoms with E-state index in [-0.39, 0.29) is 0 Å². The molecule has 0 saturated carbocycles. The molecule has 2 aliphatic heterocycles. The molecule has 0 aromatic rings. The van der Waals surface area contributed by atoms with Gasteiger partial charge in [0.25, 0.3) is 0 Å². The van der Waals surface area contributed by atoms with E-state index in [4.69, 9.17) is 0 Å². The zero-order chi connectivity index (χ0) is 12.8. The van der Waals surface area contributed by atoms with Crippen LogP contribution in [0.5, 0.6) is 0 Å². The van der Waals surface area contributed by atoms with Gasteiger partial charge in [-0.3, -0.25) is 4.90 Å². The van der Waals surface area contributed by atoms with Crippen LogP contribution >= 0.6 is 0 Å². The smallest absolute Gasteiger partial charge is 0.0157 e. The summed E-state index contributed by atoms with van der Waals surface area (Å²) in [6, 6.07) is 1.54. The Hall–Kier alpha value is -0.0800. The van der Waals surface area contributed by atoms with Crippen molar-refractivity contribution < 1.29 is 0 Å². The largest absolute Gasteiger partial charge is 0.316 e. The molecule has 0 radical (unpaired) electrons. The number of nitrogens with one attached hydrogen (secondary N) is 1. The van der Waals surface area contributed by atoms with E-state index in [0.717, 1.165) is 18.0 Å². The number of hydrogen-bond acceptors (Lipinski definition) is 2. The second-order valence-corrected chi connectivity index (χ2v) is 8.02. The van der Waals surface area contributed by atoms with Crippen LogP contribution < -0.4 is 5.32 Å². The topological polar surface area (TPSA) is 15.3 Å². The molecule has 2 rings (SSSR count). The Morgan fingerprint density at radius 1 is 1.06 bits per heavy atom. The fourth-order valence-corrected chi connectivity index (χ4v) is 3.88. The van der Waals surface area contributed by atoms with E-state index in [9.17, 15) is 0 Å². The maximum Gasteiger partial charge on any atom is 0.0157 e. The lowest BCUT2D eigenvalue weighted by atomic mass is 9.82. The van der Waals surface area contributed by atoms with E-state index in [1.165, 1.54) is 25.9 Å². The summed E-state index contributed by atoms with van der Waals surface area (Å²) in [5.74, 6) is 0.868. The number of fused-ring (bicyclic) bond motifs is 1. The van der Waals surface area contributed by atoms with Crippen molar-refractivity contribution in [2.45, 2.75) is 72.0 Å². The van der Waals surface area contributed by atoms with Gasteiger partial charge in [-0.25, -0.2) is 0 Å². The van der Waals surface area contributed by atoms with Crippen molar-refractivity contribution in [2.24, 2.45) is 11.3 Å². The van der Waals surface area contributed by atoms with Gasteiger partial charge < -0.3 is 5.32 Å². The van der Waals surface area contributed by atoms with Gasteiger partial charge in [0, 0.05) is 17.6 Å². The summed E-state index contributed by atoms with van der Waals surface area (Å²) in [5, 5.41) is 3.57. The first kappa shape index (κ1) is 13.4. The van der Waals surface area contributed by atoms with Gasteiger partial charge >= 0.3 is 0 Å². The minimum absolute atomic E-state index is 0.300. The molecule has 0 amide bonds. The standard InChI is InChI=1S/C15H30N2/c1-14(2,3)13-9-11-10-16-8-7-12(11)17(13)15(4,5)6/h11-13,16H,7-10H2,1-6H3. The molecule has 0 spiro atoms. The third kappa shape index (κ3) is 2.53. The summed E-state index contributed by atoms with van der Waals surface area (Å²) in [5.41, 5.74) is 0.694. The van der Waals surface area contributed by atoms with Gasteiger partial charge in [0.1, 0.15) is 0 Å². The Morgan fingerprint density at radius 2 is 1.71 bits per heavy atom. The number of likely N-dealkylation sites (tertiary alicyclic amines) is 1. The third-order valence-electron chi connectivity index (χ3n) is 4.56. The van der Waals surface area contributed by atoms with Gasteiger partial charge in [-0.2, -0.15) is 0 Å². The number of hydrogen-bond donors (Lipinski definition) is 1. The first-order valence-electron chi connectivity index (χ1n) is 7.20. The molecule has 1 N–H and O–H groups in total. The lowest BCUT2D eigenvalue weighted by molar-refractivity contribution is 0.0158. The Kier molecular flexibility index (Phi) is 3.33. The van der Waals surface area contributed by atoms with E-state index in [1.54, 1.807) is 0 Å². The molecule has 100 valence electrons. The van der Waals surface area contributed by atoms with E-state index in [2.05, 4.69) is 51.8 Å². The summed E-state index contributed by atoms with van der Waals surface area (Å²) in [6.07, 6.45) is 2.70. The number of piperidine rings is 1. The monoisotopic (exact) mass is 238 g/mol. The Bertz CT molecular complexity index is 272. The SMILES string of the molecule is CC(C)(C)C1CC2CNCCC2N1C(C)(C)C. The van der Waals surface area contributed by atoms with Crippen molar-refractivity contribution >= 4 is 0 Å². The molecule has 2 heteroatoms. The number of rotatable bonds is 0. The van der Waals surface area contributed by atoms with Crippen LogP contribution in [-0.2, 0) is 0 Å². The predicted octanol–water partition coefficient (Wildman–Crippen LogP) is 2.88. The molecule has 2 aliphatic rings. The van der Waals surface area contributed by atoms with Crippen LogP contribution in [0.2, 0.25) is 0 Å². The maximum atomic E-state index is 3.57. The minimum atomic E-state index is 0.300. The van der Waals surface area contributed by atoms with E-state index >= 15 is 0 Å². The highest BCUT2D eigenvalue weighted by atomic mass is 15.3. The van der Waals surface area contributed by atoms with E-state index in [0.29, 0.717) is 11.0 Å². The highest BCUT2D eigenvalue weighted by molar-refractivity contribution is 5.04. The zero-order valence-electron chi connectivity index (χ0n) is 12.5. The first-order valence-corrected chi connectivity index (χ1v) is 7.20. The molecule has 0 aromatic heterocycles. The minimum Gasteiger partial charge on any atom is -0.316 e. The summed E-state index contributed by atoms with van der Waals surface area (Å²) >= 11 is 0. The summed E-state index contributed by atoms with van der Waals surface area (Å²) in [6.45, 7) is 16.8. The molecule has 0 aromatic carbocycles. The van der Waals surface area contributed by atoms with Crippen LogP contribution in [0.4, 0.5) is 0 Å². The summed E-state index contributed by atoms with van der Waals surface area (Å²) in [4.78, 5) is 2.83. The Labute approximate surface area is 107 Å². The van der Waals surface area contributed by atoms with Crippen LogP contribution in [0.3, 0.4) is 0 Å². The first-order chi connectivity index (χ1) is 7.71. The van der Waals surface area contributed by atoms with Crippen LogP contribution in [0, 0.1) is 11.3 Å².